The van der Waals surface area contributed by atoms with E-state index >= 15 is 0 Å². The Morgan fingerprint density at radius 3 is 2.58 bits per heavy atom. The van der Waals surface area contributed by atoms with Crippen LogP contribution in [0, 0.1) is 0 Å². The molecule has 3 heterocycles. The molecule has 4 rings (SSSR count). The van der Waals surface area contributed by atoms with E-state index in [2.05, 4.69) is 24.0 Å². The first-order chi connectivity index (χ1) is 14.5. The summed E-state index contributed by atoms with van der Waals surface area (Å²) in [5, 5.41) is 0.142. The minimum atomic E-state index is -3.79. The standard InChI is InChI=1S/C18H11Cl2F2N5O3S/c1-31(29,12-4-2-11(19)3-5-12)26-16(28)13-9-27-7-6-10(8-14(27)23-13)15-24-17(30-25-15)18(20,21)22/h2-9H,1H3. The summed E-state index contributed by atoms with van der Waals surface area (Å²) < 4.78 is 48.8. The van der Waals surface area contributed by atoms with Gasteiger partial charge in [-0.3, -0.25) is 4.79 Å². The van der Waals surface area contributed by atoms with Crippen LogP contribution in [0.2, 0.25) is 5.02 Å². The minimum absolute atomic E-state index is 0.0539. The molecule has 3 aromatic heterocycles. The Bertz CT molecular complexity index is 1420. The maximum atomic E-state index is 13.1. The summed E-state index contributed by atoms with van der Waals surface area (Å²) in [6.45, 7) is 0. The monoisotopic (exact) mass is 485 g/mol. The third-order valence-corrected chi connectivity index (χ3v) is 6.19. The lowest BCUT2D eigenvalue weighted by molar-refractivity contribution is 0.0551. The highest BCUT2D eigenvalue weighted by Crippen LogP contribution is 2.32. The van der Waals surface area contributed by atoms with Gasteiger partial charge in [-0.15, -0.1) is 0 Å². The molecule has 1 amide bonds. The molecule has 0 fully saturated rings. The van der Waals surface area contributed by atoms with Gasteiger partial charge in [-0.2, -0.15) is 18.1 Å². The van der Waals surface area contributed by atoms with Gasteiger partial charge in [0.25, 0.3) is 0 Å². The van der Waals surface area contributed by atoms with Crippen LogP contribution in [-0.2, 0) is 15.1 Å². The first-order valence-corrected chi connectivity index (χ1v) is 11.1. The van der Waals surface area contributed by atoms with Gasteiger partial charge in [0.1, 0.15) is 11.3 Å². The normalized spacial score (nSPS) is 13.8. The molecular weight excluding hydrogens is 475 g/mol. The SMILES string of the molecule is CS(=O)(=NC(=O)c1cn2ccc(-c3noc(C(F)(F)Cl)n3)cc2n1)c1ccc(Cl)cc1. The average molecular weight is 486 g/mol. The molecule has 0 saturated heterocycles. The van der Waals surface area contributed by atoms with Gasteiger partial charge in [0.2, 0.25) is 5.82 Å². The molecule has 13 heteroatoms. The van der Waals surface area contributed by atoms with E-state index in [0.29, 0.717) is 15.5 Å². The fraction of sp³-hybridized carbons (Fsp3) is 0.111. The Morgan fingerprint density at radius 2 is 1.94 bits per heavy atom. The van der Waals surface area contributed by atoms with Gasteiger partial charge >= 0.3 is 17.2 Å². The number of fused-ring (bicyclic) bond motifs is 1. The highest BCUT2D eigenvalue weighted by Gasteiger charge is 2.35. The molecule has 1 unspecified atom stereocenters. The summed E-state index contributed by atoms with van der Waals surface area (Å²) in [6, 6.07) is 9.13. The molecule has 0 radical (unpaired) electrons. The van der Waals surface area contributed by atoms with E-state index in [0.717, 1.165) is 0 Å². The molecule has 160 valence electrons. The highest BCUT2D eigenvalue weighted by molar-refractivity contribution is 7.93. The number of carbonyl (C=O) groups excluding carboxylic acids is 1. The van der Waals surface area contributed by atoms with Crippen molar-refractivity contribution in [2.24, 2.45) is 4.36 Å². The second-order valence-electron chi connectivity index (χ2n) is 6.38. The first-order valence-electron chi connectivity index (χ1n) is 8.45. The van der Waals surface area contributed by atoms with Gasteiger partial charge < -0.3 is 8.92 Å². The van der Waals surface area contributed by atoms with Crippen LogP contribution in [0.4, 0.5) is 8.78 Å². The molecule has 1 atom stereocenters. The first kappa shape index (κ1) is 21.3. The lowest BCUT2D eigenvalue weighted by Crippen LogP contribution is -2.04. The van der Waals surface area contributed by atoms with Crippen molar-refractivity contribution in [3.63, 3.8) is 0 Å². The molecule has 0 aliphatic heterocycles. The van der Waals surface area contributed by atoms with Gasteiger partial charge in [0, 0.05) is 34.1 Å². The maximum absolute atomic E-state index is 13.1. The maximum Gasteiger partial charge on any atom is 0.400 e. The van der Waals surface area contributed by atoms with Crippen LogP contribution >= 0.6 is 23.2 Å². The van der Waals surface area contributed by atoms with Gasteiger partial charge in [0.15, 0.2) is 0 Å². The highest BCUT2D eigenvalue weighted by atomic mass is 35.5. The summed E-state index contributed by atoms with van der Waals surface area (Å²) >= 11 is 10.7. The van der Waals surface area contributed by atoms with Gasteiger partial charge in [-0.05, 0) is 48.0 Å². The Labute approximate surface area is 184 Å². The molecule has 0 aliphatic carbocycles. The predicted octanol–water partition coefficient (Wildman–Crippen LogP) is 4.62. The summed E-state index contributed by atoms with van der Waals surface area (Å²) in [5.41, 5.74) is 0.543. The van der Waals surface area contributed by atoms with Crippen molar-refractivity contribution >= 4 is 44.5 Å². The number of imidazole rings is 1. The van der Waals surface area contributed by atoms with Crippen molar-refractivity contribution < 1.29 is 22.3 Å². The number of nitrogens with zero attached hydrogens (tertiary/aromatic N) is 5. The topological polar surface area (TPSA) is 103 Å². The Balaban J connectivity index is 1.66. The van der Waals surface area contributed by atoms with Crippen LogP contribution < -0.4 is 0 Å². The van der Waals surface area contributed by atoms with Crippen LogP contribution in [-0.4, -0.2) is 35.9 Å². The third-order valence-electron chi connectivity index (χ3n) is 4.11. The van der Waals surface area contributed by atoms with E-state index in [1.165, 1.54) is 47.3 Å². The van der Waals surface area contributed by atoms with Crippen molar-refractivity contribution in [2.45, 2.75) is 10.3 Å². The quantitative estimate of drug-likeness (QED) is 0.390. The van der Waals surface area contributed by atoms with Crippen molar-refractivity contribution in [1.82, 2.24) is 19.5 Å². The molecule has 0 spiro atoms. The second kappa shape index (κ2) is 7.66. The molecule has 0 aliphatic rings. The van der Waals surface area contributed by atoms with Crippen LogP contribution in [0.25, 0.3) is 17.0 Å². The van der Waals surface area contributed by atoms with Crippen molar-refractivity contribution in [1.29, 1.82) is 0 Å². The number of pyridine rings is 1. The van der Waals surface area contributed by atoms with E-state index in [9.17, 15) is 17.8 Å². The number of amides is 1. The number of alkyl halides is 3. The number of halogens is 4. The second-order valence-corrected chi connectivity index (χ2v) is 9.55. The zero-order chi connectivity index (χ0) is 22.4. The molecule has 8 nitrogen and oxygen atoms in total. The van der Waals surface area contributed by atoms with Gasteiger partial charge in [-0.1, -0.05) is 16.8 Å². The van der Waals surface area contributed by atoms with Crippen LogP contribution in [0.5, 0.6) is 0 Å². The van der Waals surface area contributed by atoms with Crippen LogP contribution in [0.3, 0.4) is 0 Å². The van der Waals surface area contributed by atoms with Crippen molar-refractivity contribution in [3.05, 3.63) is 65.4 Å². The third kappa shape index (κ3) is 4.43. The fourth-order valence-electron chi connectivity index (χ4n) is 2.62. The minimum Gasteiger partial charge on any atom is -0.331 e. The molecule has 0 saturated carbocycles. The van der Waals surface area contributed by atoms with E-state index < -0.39 is 26.9 Å². The molecule has 31 heavy (non-hydrogen) atoms. The number of hydrogen-bond donors (Lipinski definition) is 0. The van der Waals surface area contributed by atoms with Crippen molar-refractivity contribution in [3.8, 4) is 11.4 Å². The van der Waals surface area contributed by atoms with Gasteiger partial charge in [0.05, 0.1) is 9.73 Å². The van der Waals surface area contributed by atoms with E-state index in [1.807, 2.05) is 0 Å². The number of benzene rings is 1. The Hall–Kier alpha value is -2.89. The summed E-state index contributed by atoms with van der Waals surface area (Å²) in [4.78, 5) is 20.6. The lowest BCUT2D eigenvalue weighted by Gasteiger charge is -2.03. The fourth-order valence-corrected chi connectivity index (χ4v) is 3.98. The van der Waals surface area contributed by atoms with Gasteiger partial charge in [-0.25, -0.2) is 9.19 Å². The summed E-state index contributed by atoms with van der Waals surface area (Å²) in [5.74, 6) is -1.95. The smallest absolute Gasteiger partial charge is 0.331 e. The van der Waals surface area contributed by atoms with E-state index in [-0.39, 0.29) is 17.2 Å². The van der Waals surface area contributed by atoms with Crippen molar-refractivity contribution in [2.75, 3.05) is 6.26 Å². The Morgan fingerprint density at radius 1 is 1.23 bits per heavy atom. The number of carbonyl (C=O) groups is 1. The molecule has 4 aromatic rings. The van der Waals surface area contributed by atoms with Crippen LogP contribution in [0.1, 0.15) is 16.4 Å². The summed E-state index contributed by atoms with van der Waals surface area (Å²) in [6.07, 6.45) is 4.26. The zero-order valence-electron chi connectivity index (χ0n) is 15.5. The zero-order valence-corrected chi connectivity index (χ0v) is 17.8. The predicted molar refractivity (Wildman–Crippen MR) is 109 cm³/mol. The molecule has 0 N–H and O–H groups in total. The largest absolute Gasteiger partial charge is 0.400 e. The van der Waals surface area contributed by atoms with E-state index in [4.69, 9.17) is 23.2 Å². The summed E-state index contributed by atoms with van der Waals surface area (Å²) in [7, 11) is -3.02. The number of hydrogen-bond acceptors (Lipinski definition) is 6. The van der Waals surface area contributed by atoms with E-state index in [1.54, 1.807) is 12.1 Å². The number of aromatic nitrogens is 4. The lowest BCUT2D eigenvalue weighted by atomic mass is 10.2. The average Bonchev–Trinajstić information content (AvgIpc) is 3.34. The number of rotatable bonds is 4. The molecule has 0 bridgehead atoms. The molecular formula is C18H11Cl2F2N5O3S. The molecule has 1 aromatic carbocycles. The Kier molecular flexibility index (Phi) is 5.28. The van der Waals surface area contributed by atoms with Crippen LogP contribution in [0.15, 0.2) is 62.6 Å².